The third-order valence-corrected chi connectivity index (χ3v) is 3.57. The zero-order valence-electron chi connectivity index (χ0n) is 10.8. The molecule has 3 heteroatoms. The number of methoxy groups -OCH3 is 1. The zero-order chi connectivity index (χ0) is 11.9. The van der Waals surface area contributed by atoms with Crippen molar-refractivity contribution >= 4 is 0 Å². The van der Waals surface area contributed by atoms with Crippen LogP contribution in [0.15, 0.2) is 0 Å². The first-order valence-electron chi connectivity index (χ1n) is 6.55. The van der Waals surface area contributed by atoms with E-state index in [1.807, 2.05) is 0 Å². The second-order valence-corrected chi connectivity index (χ2v) is 5.14. The van der Waals surface area contributed by atoms with Crippen LogP contribution in [-0.2, 0) is 9.47 Å². The highest BCUT2D eigenvalue weighted by molar-refractivity contribution is 4.87. The first kappa shape index (κ1) is 13.9. The summed E-state index contributed by atoms with van der Waals surface area (Å²) in [6.45, 7) is 4.63. The molecule has 0 spiro atoms. The van der Waals surface area contributed by atoms with E-state index >= 15 is 0 Å². The van der Waals surface area contributed by atoms with Gasteiger partial charge in [0.25, 0.3) is 0 Å². The van der Waals surface area contributed by atoms with Gasteiger partial charge in [-0.3, -0.25) is 0 Å². The fourth-order valence-electron chi connectivity index (χ4n) is 2.62. The van der Waals surface area contributed by atoms with Gasteiger partial charge in [-0.2, -0.15) is 0 Å². The van der Waals surface area contributed by atoms with E-state index in [9.17, 15) is 0 Å². The van der Waals surface area contributed by atoms with Gasteiger partial charge in [-0.05, 0) is 31.6 Å². The topological polar surface area (TPSA) is 44.5 Å². The zero-order valence-corrected chi connectivity index (χ0v) is 10.8. The first-order chi connectivity index (χ1) is 7.72. The van der Waals surface area contributed by atoms with Crippen LogP contribution >= 0.6 is 0 Å². The van der Waals surface area contributed by atoms with Crippen LogP contribution in [0, 0.1) is 5.92 Å². The Hall–Kier alpha value is -0.120. The minimum Gasteiger partial charge on any atom is -0.385 e. The predicted octanol–water partition coefficient (Wildman–Crippen LogP) is 2.34. The molecule has 2 unspecified atom stereocenters. The maximum absolute atomic E-state index is 6.06. The van der Waals surface area contributed by atoms with Gasteiger partial charge in [0.15, 0.2) is 0 Å². The Kier molecular flexibility index (Phi) is 6.32. The fourth-order valence-corrected chi connectivity index (χ4v) is 2.62. The third-order valence-electron chi connectivity index (χ3n) is 3.57. The third kappa shape index (κ3) is 4.40. The highest BCUT2D eigenvalue weighted by Crippen LogP contribution is 2.34. The van der Waals surface area contributed by atoms with Crippen LogP contribution in [0.25, 0.3) is 0 Å². The normalized spacial score (nSPS) is 30.6. The summed E-state index contributed by atoms with van der Waals surface area (Å²) >= 11 is 0. The first-order valence-corrected chi connectivity index (χ1v) is 6.55. The molecule has 0 amide bonds. The summed E-state index contributed by atoms with van der Waals surface area (Å²) in [5.41, 5.74) is 5.87. The van der Waals surface area contributed by atoms with E-state index in [1.165, 1.54) is 12.8 Å². The summed E-state index contributed by atoms with van der Waals surface area (Å²) in [5.74, 6) is 0.760. The second-order valence-electron chi connectivity index (χ2n) is 5.14. The van der Waals surface area contributed by atoms with E-state index in [2.05, 4.69) is 6.92 Å². The Morgan fingerprint density at radius 2 is 2.06 bits per heavy atom. The summed E-state index contributed by atoms with van der Waals surface area (Å²) in [7, 11) is 1.74. The van der Waals surface area contributed by atoms with Crippen LogP contribution < -0.4 is 5.73 Å². The quantitative estimate of drug-likeness (QED) is 0.681. The van der Waals surface area contributed by atoms with Crippen molar-refractivity contribution in [1.29, 1.82) is 0 Å². The molecule has 0 aromatic heterocycles. The number of rotatable bonds is 7. The lowest BCUT2D eigenvalue weighted by Crippen LogP contribution is -2.44. The molecule has 0 aromatic carbocycles. The molecule has 0 heterocycles. The lowest BCUT2D eigenvalue weighted by Gasteiger charge is -2.39. The standard InChI is InChI=1S/C13H27NO2/c1-12-6-5-7-13(10-12,11-14)16-9-4-3-8-15-2/h12H,3-11,14H2,1-2H3. The van der Waals surface area contributed by atoms with E-state index in [-0.39, 0.29) is 5.60 Å². The molecule has 1 aliphatic carbocycles. The smallest absolute Gasteiger partial charge is 0.0806 e. The van der Waals surface area contributed by atoms with Gasteiger partial charge < -0.3 is 15.2 Å². The molecule has 0 radical (unpaired) electrons. The van der Waals surface area contributed by atoms with Crippen LogP contribution in [0.1, 0.15) is 45.4 Å². The van der Waals surface area contributed by atoms with E-state index in [0.717, 1.165) is 44.8 Å². The van der Waals surface area contributed by atoms with Gasteiger partial charge in [0, 0.05) is 26.9 Å². The van der Waals surface area contributed by atoms with Gasteiger partial charge in [0.2, 0.25) is 0 Å². The van der Waals surface area contributed by atoms with E-state index in [0.29, 0.717) is 6.54 Å². The Balaban J connectivity index is 2.24. The van der Waals surface area contributed by atoms with Crippen molar-refractivity contribution in [2.24, 2.45) is 11.7 Å². The van der Waals surface area contributed by atoms with Crippen molar-refractivity contribution < 1.29 is 9.47 Å². The highest BCUT2D eigenvalue weighted by Gasteiger charge is 2.34. The minimum atomic E-state index is -0.0231. The van der Waals surface area contributed by atoms with Gasteiger partial charge in [0.1, 0.15) is 0 Å². The van der Waals surface area contributed by atoms with Crippen molar-refractivity contribution in [3.05, 3.63) is 0 Å². The average Bonchev–Trinajstić information content (AvgIpc) is 2.29. The molecule has 2 N–H and O–H groups in total. The maximum atomic E-state index is 6.06. The van der Waals surface area contributed by atoms with Crippen molar-refractivity contribution in [2.75, 3.05) is 26.9 Å². The molecule has 16 heavy (non-hydrogen) atoms. The predicted molar refractivity (Wildman–Crippen MR) is 66.5 cm³/mol. The van der Waals surface area contributed by atoms with Crippen molar-refractivity contribution in [2.45, 2.75) is 51.0 Å². The van der Waals surface area contributed by atoms with Gasteiger partial charge in [-0.1, -0.05) is 19.8 Å². The van der Waals surface area contributed by atoms with Gasteiger partial charge in [-0.15, -0.1) is 0 Å². The highest BCUT2D eigenvalue weighted by atomic mass is 16.5. The molecule has 1 saturated carbocycles. The Labute approximate surface area is 99.7 Å². The summed E-state index contributed by atoms with van der Waals surface area (Å²) in [5, 5.41) is 0. The average molecular weight is 229 g/mol. The second kappa shape index (κ2) is 7.25. The van der Waals surface area contributed by atoms with Gasteiger partial charge in [0.05, 0.1) is 5.60 Å². The fraction of sp³-hybridized carbons (Fsp3) is 1.00. The van der Waals surface area contributed by atoms with E-state index in [4.69, 9.17) is 15.2 Å². The molecule has 1 aliphatic rings. The molecule has 96 valence electrons. The van der Waals surface area contributed by atoms with Crippen LogP contribution in [0.4, 0.5) is 0 Å². The van der Waals surface area contributed by atoms with Crippen LogP contribution in [-0.4, -0.2) is 32.5 Å². The SMILES string of the molecule is COCCCCOC1(CN)CCCC(C)C1. The van der Waals surface area contributed by atoms with Crippen LogP contribution in [0.5, 0.6) is 0 Å². The Morgan fingerprint density at radius 3 is 2.69 bits per heavy atom. The summed E-state index contributed by atoms with van der Waals surface area (Å²) in [6, 6.07) is 0. The Bertz CT molecular complexity index is 187. The summed E-state index contributed by atoms with van der Waals surface area (Å²) < 4.78 is 11.1. The molecule has 0 saturated heterocycles. The molecular formula is C13H27NO2. The number of nitrogens with two attached hydrogens (primary N) is 1. The van der Waals surface area contributed by atoms with E-state index < -0.39 is 0 Å². The number of hydrogen-bond donors (Lipinski definition) is 1. The van der Waals surface area contributed by atoms with Gasteiger partial charge >= 0.3 is 0 Å². The monoisotopic (exact) mass is 229 g/mol. The molecule has 2 atom stereocenters. The number of ether oxygens (including phenoxy) is 2. The van der Waals surface area contributed by atoms with Crippen molar-refractivity contribution in [3.63, 3.8) is 0 Å². The lowest BCUT2D eigenvalue weighted by molar-refractivity contribution is -0.0760. The van der Waals surface area contributed by atoms with Crippen molar-refractivity contribution in [3.8, 4) is 0 Å². The van der Waals surface area contributed by atoms with Crippen molar-refractivity contribution in [1.82, 2.24) is 0 Å². The number of hydrogen-bond acceptors (Lipinski definition) is 3. The summed E-state index contributed by atoms with van der Waals surface area (Å²) in [6.07, 6.45) is 7.01. The molecule has 0 bridgehead atoms. The summed E-state index contributed by atoms with van der Waals surface area (Å²) in [4.78, 5) is 0. The molecular weight excluding hydrogens is 202 g/mol. The molecule has 3 nitrogen and oxygen atoms in total. The molecule has 1 rings (SSSR count). The number of unbranched alkanes of at least 4 members (excludes halogenated alkanes) is 1. The molecule has 0 aromatic rings. The Morgan fingerprint density at radius 1 is 1.31 bits per heavy atom. The largest absolute Gasteiger partial charge is 0.385 e. The van der Waals surface area contributed by atoms with Crippen LogP contribution in [0.3, 0.4) is 0 Å². The van der Waals surface area contributed by atoms with Crippen LogP contribution in [0.2, 0.25) is 0 Å². The minimum absolute atomic E-state index is 0.0231. The van der Waals surface area contributed by atoms with E-state index in [1.54, 1.807) is 7.11 Å². The molecule has 0 aliphatic heterocycles. The lowest BCUT2D eigenvalue weighted by atomic mass is 9.79. The molecule has 1 fully saturated rings. The maximum Gasteiger partial charge on any atom is 0.0806 e. The van der Waals surface area contributed by atoms with Gasteiger partial charge in [-0.25, -0.2) is 0 Å².